The summed E-state index contributed by atoms with van der Waals surface area (Å²) in [4.78, 5) is 23.8. The van der Waals surface area contributed by atoms with Gasteiger partial charge in [0.05, 0.1) is 14.2 Å². The summed E-state index contributed by atoms with van der Waals surface area (Å²) in [7, 11) is 0.112. The standard InChI is InChI=1S/C14H19O3P.C2H6/c1-10-5-7-11(8-6-10)12(15)9-14(2,3)13(16)17-18-4;1-2/h5-8,18H,9H2,1-4H3;1-2H3. The Labute approximate surface area is 124 Å². The average molecular weight is 296 g/mol. The first-order chi connectivity index (χ1) is 9.36. The van der Waals surface area contributed by atoms with Gasteiger partial charge in [-0.3, -0.25) is 9.59 Å². The second kappa shape index (κ2) is 8.86. The maximum atomic E-state index is 12.1. The number of hydrogen-bond donors (Lipinski definition) is 0. The summed E-state index contributed by atoms with van der Waals surface area (Å²) < 4.78 is 5.00. The Morgan fingerprint density at radius 3 is 2.10 bits per heavy atom. The second-order valence-corrected chi connectivity index (χ2v) is 5.56. The third kappa shape index (κ3) is 5.83. The van der Waals surface area contributed by atoms with Gasteiger partial charge in [-0.05, 0) is 27.4 Å². The predicted octanol–water partition coefficient (Wildman–Crippen LogP) is 4.39. The number of rotatable bonds is 5. The van der Waals surface area contributed by atoms with Gasteiger partial charge >= 0.3 is 5.97 Å². The number of aryl methyl sites for hydroxylation is 1. The number of carbonyl (C=O) groups excluding carboxylic acids is 2. The van der Waals surface area contributed by atoms with E-state index in [1.165, 1.54) is 0 Å². The molecule has 4 heteroatoms. The molecule has 0 aromatic heterocycles. The van der Waals surface area contributed by atoms with E-state index in [4.69, 9.17) is 4.52 Å². The zero-order valence-electron chi connectivity index (χ0n) is 13.2. The van der Waals surface area contributed by atoms with Crippen molar-refractivity contribution in [2.45, 2.75) is 41.0 Å². The number of hydrogen-bond acceptors (Lipinski definition) is 3. The van der Waals surface area contributed by atoms with Crippen LogP contribution >= 0.6 is 8.81 Å². The maximum Gasteiger partial charge on any atom is 0.314 e. The lowest BCUT2D eigenvalue weighted by molar-refractivity contribution is -0.142. The quantitative estimate of drug-likeness (QED) is 0.598. The molecule has 20 heavy (non-hydrogen) atoms. The van der Waals surface area contributed by atoms with E-state index in [9.17, 15) is 9.59 Å². The van der Waals surface area contributed by atoms with Gasteiger partial charge in [-0.1, -0.05) is 43.7 Å². The molecule has 1 aromatic rings. The highest BCUT2D eigenvalue weighted by atomic mass is 31.1. The van der Waals surface area contributed by atoms with E-state index >= 15 is 0 Å². The minimum atomic E-state index is -0.773. The van der Waals surface area contributed by atoms with Gasteiger partial charge in [-0.2, -0.15) is 0 Å². The van der Waals surface area contributed by atoms with Crippen molar-refractivity contribution >= 4 is 20.6 Å². The normalized spacial score (nSPS) is 10.9. The fourth-order valence-electron chi connectivity index (χ4n) is 1.55. The van der Waals surface area contributed by atoms with Crippen LogP contribution in [0.3, 0.4) is 0 Å². The first kappa shape index (κ1) is 18.8. The molecule has 0 aliphatic rings. The van der Waals surface area contributed by atoms with Crippen LogP contribution < -0.4 is 0 Å². The number of ketones is 1. The predicted molar refractivity (Wildman–Crippen MR) is 85.6 cm³/mol. The molecule has 0 saturated heterocycles. The molecule has 0 aliphatic carbocycles. The van der Waals surface area contributed by atoms with Gasteiger partial charge in [-0.25, -0.2) is 0 Å². The van der Waals surface area contributed by atoms with Crippen LogP contribution in [-0.2, 0) is 9.32 Å². The van der Waals surface area contributed by atoms with Crippen molar-refractivity contribution in [2.75, 3.05) is 6.66 Å². The van der Waals surface area contributed by atoms with Gasteiger partial charge in [-0.15, -0.1) is 0 Å². The molecule has 1 aromatic carbocycles. The SMILES string of the molecule is CC.CPOC(=O)C(C)(C)CC(=O)c1ccc(C)cc1. The van der Waals surface area contributed by atoms with Gasteiger partial charge in [0.25, 0.3) is 0 Å². The van der Waals surface area contributed by atoms with Crippen LogP contribution in [0.1, 0.15) is 50.0 Å². The molecule has 0 fully saturated rings. The highest BCUT2D eigenvalue weighted by molar-refractivity contribution is 7.31. The highest BCUT2D eigenvalue weighted by Gasteiger charge is 2.32. The summed E-state index contributed by atoms with van der Waals surface area (Å²) in [5.74, 6) is -0.347. The lowest BCUT2D eigenvalue weighted by Gasteiger charge is -2.21. The van der Waals surface area contributed by atoms with Crippen LogP contribution in [0.5, 0.6) is 0 Å². The van der Waals surface area contributed by atoms with Gasteiger partial charge in [0.1, 0.15) is 0 Å². The molecular formula is C16H25O3P. The summed E-state index contributed by atoms with van der Waals surface area (Å²) in [6.07, 6.45) is 0.166. The molecular weight excluding hydrogens is 271 g/mol. The van der Waals surface area contributed by atoms with Crippen molar-refractivity contribution in [3.63, 3.8) is 0 Å². The van der Waals surface area contributed by atoms with E-state index in [-0.39, 0.29) is 27.0 Å². The molecule has 0 N–H and O–H groups in total. The first-order valence-corrected chi connectivity index (χ1v) is 8.25. The Morgan fingerprint density at radius 2 is 1.65 bits per heavy atom. The van der Waals surface area contributed by atoms with Crippen molar-refractivity contribution in [3.05, 3.63) is 35.4 Å². The van der Waals surface area contributed by atoms with Gasteiger partial charge in [0, 0.05) is 12.0 Å². The smallest absolute Gasteiger partial charge is 0.314 e. The van der Waals surface area contributed by atoms with Gasteiger partial charge in [0.15, 0.2) is 5.78 Å². The average Bonchev–Trinajstić information content (AvgIpc) is 2.41. The van der Waals surface area contributed by atoms with E-state index < -0.39 is 5.41 Å². The van der Waals surface area contributed by atoms with Crippen molar-refractivity contribution < 1.29 is 14.1 Å². The minimum absolute atomic E-state index is 0.0311. The first-order valence-electron chi connectivity index (χ1n) is 6.84. The van der Waals surface area contributed by atoms with Crippen LogP contribution in [0.15, 0.2) is 24.3 Å². The van der Waals surface area contributed by atoms with Gasteiger partial charge < -0.3 is 4.52 Å². The highest BCUT2D eigenvalue weighted by Crippen LogP contribution is 2.27. The summed E-state index contributed by atoms with van der Waals surface area (Å²) in [5, 5.41) is 0. The summed E-state index contributed by atoms with van der Waals surface area (Å²) >= 11 is 0. The molecule has 1 atom stereocenters. The third-order valence-corrected chi connectivity index (χ3v) is 3.11. The largest absolute Gasteiger partial charge is 0.448 e. The molecule has 1 unspecified atom stereocenters. The molecule has 0 aliphatic heterocycles. The number of benzene rings is 1. The van der Waals surface area contributed by atoms with Crippen molar-refractivity contribution in [3.8, 4) is 0 Å². The Kier molecular flexibility index (Phi) is 8.33. The fraction of sp³-hybridized carbons (Fsp3) is 0.500. The molecule has 3 nitrogen and oxygen atoms in total. The van der Waals surface area contributed by atoms with Crippen LogP contribution in [0.25, 0.3) is 0 Å². The van der Waals surface area contributed by atoms with E-state index in [1.54, 1.807) is 32.6 Å². The zero-order valence-corrected chi connectivity index (χ0v) is 14.2. The third-order valence-electron chi connectivity index (χ3n) is 2.72. The van der Waals surface area contributed by atoms with E-state index in [2.05, 4.69) is 0 Å². The van der Waals surface area contributed by atoms with Crippen molar-refractivity contribution in [2.24, 2.45) is 5.41 Å². The molecule has 0 spiro atoms. The van der Waals surface area contributed by atoms with Crippen LogP contribution in [0.4, 0.5) is 0 Å². The van der Waals surface area contributed by atoms with Crippen molar-refractivity contribution in [1.82, 2.24) is 0 Å². The Balaban J connectivity index is 0.00000172. The van der Waals surface area contributed by atoms with Gasteiger partial charge in [0.2, 0.25) is 0 Å². The Morgan fingerprint density at radius 1 is 1.15 bits per heavy atom. The topological polar surface area (TPSA) is 43.4 Å². The Bertz CT molecular complexity index is 436. The van der Waals surface area contributed by atoms with Crippen LogP contribution in [0, 0.1) is 12.3 Å². The van der Waals surface area contributed by atoms with Crippen LogP contribution in [0.2, 0.25) is 0 Å². The minimum Gasteiger partial charge on any atom is -0.448 e. The fourth-order valence-corrected chi connectivity index (χ4v) is 2.01. The second-order valence-electron chi connectivity index (χ2n) is 4.94. The lowest BCUT2D eigenvalue weighted by Crippen LogP contribution is -2.27. The summed E-state index contributed by atoms with van der Waals surface area (Å²) in [6, 6.07) is 7.37. The molecule has 0 amide bonds. The van der Waals surface area contributed by atoms with E-state index in [0.29, 0.717) is 5.56 Å². The monoisotopic (exact) mass is 296 g/mol. The zero-order chi connectivity index (χ0) is 15.8. The van der Waals surface area contributed by atoms with E-state index in [1.807, 2.05) is 32.9 Å². The summed E-state index contributed by atoms with van der Waals surface area (Å²) in [5.41, 5.74) is 0.975. The number of Topliss-reactive ketones (excluding diaryl/α,β-unsaturated/α-hetero) is 1. The Hall–Kier alpha value is -1.21. The lowest BCUT2D eigenvalue weighted by atomic mass is 9.85. The summed E-state index contributed by atoms with van der Waals surface area (Å²) in [6.45, 7) is 11.2. The van der Waals surface area contributed by atoms with E-state index in [0.717, 1.165) is 5.56 Å². The van der Waals surface area contributed by atoms with Crippen LogP contribution in [-0.4, -0.2) is 18.4 Å². The molecule has 0 bridgehead atoms. The maximum absolute atomic E-state index is 12.1. The number of carbonyl (C=O) groups is 2. The molecule has 0 saturated carbocycles. The molecule has 0 radical (unpaired) electrons. The molecule has 0 heterocycles. The molecule has 1 rings (SSSR count). The molecule has 112 valence electrons. The van der Waals surface area contributed by atoms with Crippen molar-refractivity contribution in [1.29, 1.82) is 0 Å².